The fourth-order valence-corrected chi connectivity index (χ4v) is 2.35. The van der Waals surface area contributed by atoms with Gasteiger partial charge in [-0.05, 0) is 18.6 Å². The van der Waals surface area contributed by atoms with Crippen molar-refractivity contribution in [3.05, 3.63) is 34.2 Å². The van der Waals surface area contributed by atoms with E-state index in [9.17, 15) is 14.7 Å². The highest BCUT2D eigenvalue weighted by atomic mass is 16.3. The van der Waals surface area contributed by atoms with Crippen LogP contribution in [0.4, 0.5) is 0 Å². The fourth-order valence-electron chi connectivity index (χ4n) is 2.35. The molecule has 0 saturated carbocycles. The number of primary amides is 1. The zero-order valence-corrected chi connectivity index (χ0v) is 11.5. The van der Waals surface area contributed by atoms with Gasteiger partial charge in [-0.15, -0.1) is 0 Å². The Morgan fingerprint density at radius 3 is 2.75 bits per heavy atom. The lowest BCUT2D eigenvalue weighted by Crippen LogP contribution is -2.33. The van der Waals surface area contributed by atoms with Gasteiger partial charge in [-0.1, -0.05) is 26.2 Å². The molecular weight excluding hydrogens is 258 g/mol. The summed E-state index contributed by atoms with van der Waals surface area (Å²) in [5.41, 5.74) is 4.72. The molecule has 3 N–H and O–H groups in total. The molecule has 0 aromatic carbocycles. The van der Waals surface area contributed by atoms with Gasteiger partial charge in [0.25, 0.3) is 11.5 Å². The van der Waals surface area contributed by atoms with E-state index in [0.29, 0.717) is 12.1 Å². The van der Waals surface area contributed by atoms with Crippen molar-refractivity contribution in [2.45, 2.75) is 39.2 Å². The van der Waals surface area contributed by atoms with Crippen molar-refractivity contribution in [1.29, 1.82) is 0 Å². The number of amides is 1. The first kappa shape index (κ1) is 14.2. The Morgan fingerprint density at radius 2 is 2.10 bits per heavy atom. The third kappa shape index (κ3) is 2.41. The summed E-state index contributed by atoms with van der Waals surface area (Å²) in [6, 6.07) is 3.35. The first-order valence-electron chi connectivity index (χ1n) is 6.80. The largest absolute Gasteiger partial charge is 0.505 e. The molecule has 0 aliphatic rings. The van der Waals surface area contributed by atoms with Gasteiger partial charge in [0.1, 0.15) is 11.1 Å². The van der Waals surface area contributed by atoms with E-state index in [1.54, 1.807) is 22.8 Å². The van der Waals surface area contributed by atoms with Crippen LogP contribution in [0.2, 0.25) is 0 Å². The highest BCUT2D eigenvalue weighted by Gasteiger charge is 2.19. The number of unbranched alkanes of at least 4 members (excludes halogenated alkanes) is 3. The van der Waals surface area contributed by atoms with E-state index in [4.69, 9.17) is 5.73 Å². The molecule has 6 nitrogen and oxygen atoms in total. The second-order valence-corrected chi connectivity index (χ2v) is 4.81. The third-order valence-electron chi connectivity index (χ3n) is 3.39. The molecular formula is C14H19N3O3. The second-order valence-electron chi connectivity index (χ2n) is 4.81. The SMILES string of the molecule is CCCCCCn1c(=O)c(C(N)=O)c(O)c2cccn21. The maximum absolute atomic E-state index is 12.3. The summed E-state index contributed by atoms with van der Waals surface area (Å²) in [6.07, 6.45) is 5.74. The Bertz CT molecular complexity index is 685. The fraction of sp³-hybridized carbons (Fsp3) is 0.429. The number of carbonyl (C=O) groups excluding carboxylic acids is 1. The number of aromatic nitrogens is 2. The summed E-state index contributed by atoms with van der Waals surface area (Å²) < 4.78 is 3.01. The molecule has 0 fully saturated rings. The summed E-state index contributed by atoms with van der Waals surface area (Å²) in [5, 5.41) is 9.99. The standard InChI is InChI=1S/C14H19N3O3/c1-2-3-4-5-8-17-14(20)11(13(15)19)12(18)10-7-6-9-16(10)17/h6-7,9,18H,2-5,8H2,1H3,(H2,15,19). The van der Waals surface area contributed by atoms with E-state index in [2.05, 4.69) is 6.92 Å². The van der Waals surface area contributed by atoms with E-state index in [0.717, 1.165) is 25.7 Å². The molecule has 0 saturated heterocycles. The maximum atomic E-state index is 12.3. The molecule has 108 valence electrons. The molecule has 0 unspecified atom stereocenters. The predicted molar refractivity (Wildman–Crippen MR) is 76.0 cm³/mol. The zero-order chi connectivity index (χ0) is 14.7. The Morgan fingerprint density at radius 1 is 1.35 bits per heavy atom. The zero-order valence-electron chi connectivity index (χ0n) is 11.5. The van der Waals surface area contributed by atoms with Crippen molar-refractivity contribution in [3.63, 3.8) is 0 Å². The van der Waals surface area contributed by atoms with Crippen molar-refractivity contribution >= 4 is 11.4 Å². The average Bonchev–Trinajstić information content (AvgIpc) is 2.87. The smallest absolute Gasteiger partial charge is 0.282 e. The lowest BCUT2D eigenvalue weighted by atomic mass is 10.2. The summed E-state index contributed by atoms with van der Waals surface area (Å²) in [6.45, 7) is 2.60. The van der Waals surface area contributed by atoms with Crippen molar-refractivity contribution in [2.24, 2.45) is 5.73 Å². The van der Waals surface area contributed by atoms with Gasteiger partial charge in [0.15, 0.2) is 5.75 Å². The number of carbonyl (C=O) groups is 1. The molecule has 0 aliphatic carbocycles. The Hall–Kier alpha value is -2.24. The minimum atomic E-state index is -0.904. The summed E-state index contributed by atoms with van der Waals surface area (Å²) in [7, 11) is 0. The van der Waals surface area contributed by atoms with Crippen LogP contribution in [0.1, 0.15) is 43.0 Å². The van der Waals surface area contributed by atoms with Crippen LogP contribution < -0.4 is 11.3 Å². The number of fused-ring (bicyclic) bond motifs is 1. The summed E-state index contributed by atoms with van der Waals surface area (Å²) in [5.74, 6) is -1.25. The topological polar surface area (TPSA) is 89.7 Å². The minimum absolute atomic E-state index is 0.341. The molecule has 2 aromatic rings. The molecule has 0 radical (unpaired) electrons. The number of rotatable bonds is 6. The number of hydrogen-bond acceptors (Lipinski definition) is 3. The number of nitrogens with zero attached hydrogens (tertiary/aromatic N) is 2. The molecule has 0 bridgehead atoms. The summed E-state index contributed by atoms with van der Waals surface area (Å²) in [4.78, 5) is 23.7. The van der Waals surface area contributed by atoms with Gasteiger partial charge in [0.05, 0.1) is 0 Å². The number of aryl methyl sites for hydroxylation is 1. The van der Waals surface area contributed by atoms with E-state index in [1.165, 1.54) is 4.68 Å². The predicted octanol–water partition coefficient (Wildman–Crippen LogP) is 1.49. The van der Waals surface area contributed by atoms with E-state index in [1.807, 2.05) is 0 Å². The van der Waals surface area contributed by atoms with Crippen molar-refractivity contribution in [3.8, 4) is 5.75 Å². The van der Waals surface area contributed by atoms with Crippen molar-refractivity contribution < 1.29 is 9.90 Å². The number of nitrogens with two attached hydrogens (primary N) is 1. The molecule has 0 aliphatic heterocycles. The molecule has 0 spiro atoms. The normalized spacial score (nSPS) is 11.1. The first-order valence-corrected chi connectivity index (χ1v) is 6.80. The molecule has 2 heterocycles. The second kappa shape index (κ2) is 5.81. The lowest BCUT2D eigenvalue weighted by molar-refractivity contribution is 0.0995. The Kier molecular flexibility index (Phi) is 4.12. The van der Waals surface area contributed by atoms with Crippen LogP contribution in [0.15, 0.2) is 23.1 Å². The number of aromatic hydroxyl groups is 1. The monoisotopic (exact) mass is 277 g/mol. The molecule has 2 aromatic heterocycles. The maximum Gasteiger partial charge on any atom is 0.282 e. The molecule has 2 rings (SSSR count). The molecule has 20 heavy (non-hydrogen) atoms. The number of hydrogen-bond donors (Lipinski definition) is 2. The van der Waals surface area contributed by atoms with Crippen LogP contribution in [0.3, 0.4) is 0 Å². The van der Waals surface area contributed by atoms with Crippen LogP contribution in [0.5, 0.6) is 5.75 Å². The van der Waals surface area contributed by atoms with Crippen LogP contribution in [0, 0.1) is 0 Å². The van der Waals surface area contributed by atoms with Crippen molar-refractivity contribution in [1.82, 2.24) is 9.20 Å². The highest BCUT2D eigenvalue weighted by Crippen LogP contribution is 2.21. The lowest BCUT2D eigenvalue weighted by Gasteiger charge is -2.13. The quantitative estimate of drug-likeness (QED) is 0.784. The van der Waals surface area contributed by atoms with Gasteiger partial charge in [-0.3, -0.25) is 14.1 Å². The minimum Gasteiger partial charge on any atom is -0.505 e. The van der Waals surface area contributed by atoms with Gasteiger partial charge in [-0.2, -0.15) is 0 Å². The average molecular weight is 277 g/mol. The Balaban J connectivity index is 2.49. The van der Waals surface area contributed by atoms with Gasteiger partial charge in [-0.25, -0.2) is 4.68 Å². The van der Waals surface area contributed by atoms with Gasteiger partial charge < -0.3 is 10.8 Å². The van der Waals surface area contributed by atoms with Crippen LogP contribution in [0.25, 0.3) is 5.52 Å². The van der Waals surface area contributed by atoms with Gasteiger partial charge in [0.2, 0.25) is 0 Å². The first-order chi connectivity index (χ1) is 9.57. The highest BCUT2D eigenvalue weighted by molar-refractivity contribution is 5.97. The van der Waals surface area contributed by atoms with Gasteiger partial charge >= 0.3 is 0 Å². The third-order valence-corrected chi connectivity index (χ3v) is 3.39. The van der Waals surface area contributed by atoms with Crippen LogP contribution >= 0.6 is 0 Å². The molecule has 6 heteroatoms. The van der Waals surface area contributed by atoms with E-state index in [-0.39, 0.29) is 11.3 Å². The summed E-state index contributed by atoms with van der Waals surface area (Å²) >= 11 is 0. The van der Waals surface area contributed by atoms with Crippen LogP contribution in [-0.2, 0) is 6.54 Å². The molecule has 1 amide bonds. The van der Waals surface area contributed by atoms with E-state index < -0.39 is 11.5 Å². The van der Waals surface area contributed by atoms with Crippen molar-refractivity contribution in [2.75, 3.05) is 0 Å². The van der Waals surface area contributed by atoms with E-state index >= 15 is 0 Å². The van der Waals surface area contributed by atoms with Crippen LogP contribution in [-0.4, -0.2) is 20.2 Å². The molecule has 0 atom stereocenters. The Labute approximate surface area is 116 Å². The van der Waals surface area contributed by atoms with Gasteiger partial charge in [0, 0.05) is 12.7 Å².